The highest BCUT2D eigenvalue weighted by molar-refractivity contribution is 7.12. The molecule has 0 aliphatic carbocycles. The van der Waals surface area contributed by atoms with Crippen LogP contribution in [0.15, 0.2) is 41.3 Å². The first-order valence-electron chi connectivity index (χ1n) is 7.09. The van der Waals surface area contributed by atoms with Crippen LogP contribution in [0.4, 0.5) is 11.4 Å². The van der Waals surface area contributed by atoms with Crippen LogP contribution in [0.2, 0.25) is 0 Å². The summed E-state index contributed by atoms with van der Waals surface area (Å²) in [6.07, 6.45) is 0. The van der Waals surface area contributed by atoms with Gasteiger partial charge in [-0.25, -0.2) is 4.79 Å². The van der Waals surface area contributed by atoms with E-state index in [1.54, 1.807) is 35.7 Å². The molecule has 2 heterocycles. The van der Waals surface area contributed by atoms with Crippen molar-refractivity contribution in [3.63, 3.8) is 0 Å². The van der Waals surface area contributed by atoms with Gasteiger partial charge in [0.05, 0.1) is 18.4 Å². The zero-order valence-electron chi connectivity index (χ0n) is 13.0. The second kappa shape index (κ2) is 6.59. The highest BCUT2D eigenvalue weighted by atomic mass is 32.1. The molecule has 2 amide bonds. The number of fused-ring (bicyclic) bond motifs is 1. The first-order valence-corrected chi connectivity index (χ1v) is 7.97. The van der Waals surface area contributed by atoms with E-state index in [4.69, 9.17) is 0 Å². The number of nitriles is 1. The molecule has 124 valence electrons. The Morgan fingerprint density at radius 3 is 2.76 bits per heavy atom. The number of para-hydroxylation sites is 1. The standard InChI is InChI=1S/C17H11N3O4S/c1-24-17(23)14-12(6-7-25-14)20-15(21)10(8-18)13-9-4-2-3-5-11(9)19-16(13)22/h2-7H,1H3,(H,19,22)(H,20,21)/b13-10-. The van der Waals surface area contributed by atoms with E-state index < -0.39 is 17.8 Å². The number of hydrogen-bond acceptors (Lipinski definition) is 6. The molecule has 7 nitrogen and oxygen atoms in total. The number of carbonyl (C=O) groups excluding carboxylic acids is 3. The molecule has 0 bridgehead atoms. The zero-order valence-corrected chi connectivity index (χ0v) is 13.8. The molecular formula is C17H11N3O4S. The van der Waals surface area contributed by atoms with Crippen molar-refractivity contribution in [3.8, 4) is 6.07 Å². The van der Waals surface area contributed by atoms with Gasteiger partial charge in [0.1, 0.15) is 16.5 Å². The smallest absolute Gasteiger partial charge is 0.350 e. The normalized spacial score (nSPS) is 14.2. The number of amides is 2. The van der Waals surface area contributed by atoms with Crippen molar-refractivity contribution in [1.82, 2.24) is 0 Å². The third kappa shape index (κ3) is 2.88. The number of esters is 1. The number of benzene rings is 1. The van der Waals surface area contributed by atoms with E-state index in [0.29, 0.717) is 11.3 Å². The van der Waals surface area contributed by atoms with Crippen LogP contribution in [0.5, 0.6) is 0 Å². The second-order valence-electron chi connectivity index (χ2n) is 4.97. The highest BCUT2D eigenvalue weighted by Crippen LogP contribution is 2.34. The minimum absolute atomic E-state index is 0.00504. The summed E-state index contributed by atoms with van der Waals surface area (Å²) < 4.78 is 4.65. The Balaban J connectivity index is 1.99. The van der Waals surface area contributed by atoms with Crippen molar-refractivity contribution in [2.45, 2.75) is 0 Å². The van der Waals surface area contributed by atoms with Gasteiger partial charge in [0.25, 0.3) is 11.8 Å². The fraction of sp³-hybridized carbons (Fsp3) is 0.0588. The van der Waals surface area contributed by atoms with Crippen molar-refractivity contribution < 1.29 is 19.1 Å². The average Bonchev–Trinajstić information content (AvgIpc) is 3.19. The van der Waals surface area contributed by atoms with Gasteiger partial charge in [0.15, 0.2) is 0 Å². The molecule has 0 saturated heterocycles. The predicted octanol–water partition coefficient (Wildman–Crippen LogP) is 2.40. The van der Waals surface area contributed by atoms with Crippen LogP contribution in [-0.2, 0) is 14.3 Å². The summed E-state index contributed by atoms with van der Waals surface area (Å²) in [4.78, 5) is 36.6. The molecule has 8 heteroatoms. The highest BCUT2D eigenvalue weighted by Gasteiger charge is 2.30. The van der Waals surface area contributed by atoms with Crippen molar-refractivity contribution in [3.05, 3.63) is 51.7 Å². The molecule has 0 radical (unpaired) electrons. The van der Waals surface area contributed by atoms with E-state index >= 15 is 0 Å². The first kappa shape index (κ1) is 16.4. The minimum atomic E-state index is -0.770. The molecule has 2 N–H and O–H groups in total. The zero-order chi connectivity index (χ0) is 18.0. The van der Waals surface area contributed by atoms with Gasteiger partial charge < -0.3 is 15.4 Å². The van der Waals surface area contributed by atoms with E-state index in [1.807, 2.05) is 0 Å². The Kier molecular flexibility index (Phi) is 4.33. The van der Waals surface area contributed by atoms with Gasteiger partial charge in [-0.3, -0.25) is 9.59 Å². The number of nitrogens with zero attached hydrogens (tertiary/aromatic N) is 1. The van der Waals surface area contributed by atoms with Crippen molar-refractivity contribution in [1.29, 1.82) is 5.26 Å². The summed E-state index contributed by atoms with van der Waals surface area (Å²) in [5.41, 5.74) is 0.920. The fourth-order valence-electron chi connectivity index (χ4n) is 2.43. The SMILES string of the molecule is COC(=O)c1sccc1NC(=O)/C(C#N)=C1\C(=O)Nc2ccccc21. The molecule has 3 rings (SSSR count). The van der Waals surface area contributed by atoms with Crippen molar-refractivity contribution in [2.75, 3.05) is 17.7 Å². The maximum absolute atomic E-state index is 12.5. The quantitative estimate of drug-likeness (QED) is 0.500. The third-order valence-electron chi connectivity index (χ3n) is 3.54. The van der Waals surface area contributed by atoms with E-state index in [1.165, 1.54) is 13.2 Å². The fourth-order valence-corrected chi connectivity index (χ4v) is 3.19. The lowest BCUT2D eigenvalue weighted by molar-refractivity contribution is -0.113. The molecule has 0 saturated carbocycles. The Labute approximate surface area is 146 Å². The van der Waals surface area contributed by atoms with Gasteiger partial charge in [-0.15, -0.1) is 11.3 Å². The molecule has 1 aliphatic heterocycles. The Morgan fingerprint density at radius 2 is 2.04 bits per heavy atom. The van der Waals surface area contributed by atoms with E-state index in [2.05, 4.69) is 15.4 Å². The number of hydrogen-bond donors (Lipinski definition) is 2. The molecule has 0 atom stereocenters. The maximum Gasteiger partial charge on any atom is 0.350 e. The largest absolute Gasteiger partial charge is 0.465 e. The van der Waals surface area contributed by atoms with Gasteiger partial charge in [0.2, 0.25) is 0 Å². The summed E-state index contributed by atoms with van der Waals surface area (Å²) in [5.74, 6) is -1.89. The molecule has 1 aromatic carbocycles. The van der Waals surface area contributed by atoms with Crippen LogP contribution in [-0.4, -0.2) is 24.9 Å². The van der Waals surface area contributed by atoms with Gasteiger partial charge in [-0.05, 0) is 17.5 Å². The minimum Gasteiger partial charge on any atom is -0.465 e. The van der Waals surface area contributed by atoms with Crippen molar-refractivity contribution >= 4 is 46.1 Å². The summed E-state index contributed by atoms with van der Waals surface area (Å²) in [7, 11) is 1.23. The topological polar surface area (TPSA) is 108 Å². The molecule has 0 spiro atoms. The number of ether oxygens (including phenoxy) is 1. The molecule has 1 aliphatic rings. The van der Waals surface area contributed by atoms with Gasteiger partial charge in [0, 0.05) is 11.3 Å². The summed E-state index contributed by atoms with van der Waals surface area (Å²) >= 11 is 1.10. The second-order valence-corrected chi connectivity index (χ2v) is 5.89. The molecule has 0 fully saturated rings. The Bertz CT molecular complexity index is 968. The van der Waals surface area contributed by atoms with Crippen LogP contribution in [0.1, 0.15) is 15.2 Å². The van der Waals surface area contributed by atoms with E-state index in [9.17, 15) is 19.6 Å². The van der Waals surface area contributed by atoms with Crippen LogP contribution in [0.3, 0.4) is 0 Å². The maximum atomic E-state index is 12.5. The summed E-state index contributed by atoms with van der Waals surface area (Å²) in [6, 6.07) is 10.1. The lowest BCUT2D eigenvalue weighted by Crippen LogP contribution is -2.18. The lowest BCUT2D eigenvalue weighted by Gasteiger charge is -2.06. The van der Waals surface area contributed by atoms with Gasteiger partial charge in [-0.2, -0.15) is 5.26 Å². The first-order chi connectivity index (χ1) is 12.1. The molecule has 25 heavy (non-hydrogen) atoms. The van der Waals surface area contributed by atoms with Gasteiger partial charge in [-0.1, -0.05) is 18.2 Å². The van der Waals surface area contributed by atoms with Gasteiger partial charge >= 0.3 is 5.97 Å². The molecular weight excluding hydrogens is 342 g/mol. The average molecular weight is 353 g/mol. The number of thiophene rings is 1. The Morgan fingerprint density at radius 1 is 1.28 bits per heavy atom. The van der Waals surface area contributed by atoms with E-state index in [-0.39, 0.29) is 21.7 Å². The van der Waals surface area contributed by atoms with Crippen LogP contribution < -0.4 is 10.6 Å². The number of methoxy groups -OCH3 is 1. The number of rotatable bonds is 3. The predicted molar refractivity (Wildman–Crippen MR) is 91.9 cm³/mol. The third-order valence-corrected chi connectivity index (χ3v) is 4.44. The van der Waals surface area contributed by atoms with Crippen molar-refractivity contribution in [2.24, 2.45) is 0 Å². The van der Waals surface area contributed by atoms with E-state index in [0.717, 1.165) is 11.3 Å². The van der Waals surface area contributed by atoms with Crippen LogP contribution >= 0.6 is 11.3 Å². The number of carbonyl (C=O) groups is 3. The summed E-state index contributed by atoms with van der Waals surface area (Å²) in [5, 5.41) is 16.1. The monoisotopic (exact) mass is 353 g/mol. The molecule has 0 unspecified atom stereocenters. The number of anilines is 2. The molecule has 2 aromatic rings. The number of nitrogens with one attached hydrogen (secondary N) is 2. The Hall–Kier alpha value is -3.44. The van der Waals surface area contributed by atoms with Crippen LogP contribution in [0.25, 0.3) is 5.57 Å². The lowest BCUT2D eigenvalue weighted by atomic mass is 10.0. The molecule has 1 aromatic heterocycles. The summed E-state index contributed by atoms with van der Waals surface area (Å²) in [6.45, 7) is 0. The van der Waals surface area contributed by atoms with Crippen LogP contribution in [0, 0.1) is 11.3 Å².